The summed E-state index contributed by atoms with van der Waals surface area (Å²) in [6.45, 7) is 1.54. The van der Waals surface area contributed by atoms with Crippen LogP contribution >= 0.6 is 23.7 Å². The topological polar surface area (TPSA) is 44.4 Å². The van der Waals surface area contributed by atoms with Crippen LogP contribution in [0.4, 0.5) is 5.00 Å². The molecule has 1 rings (SSSR count). The summed E-state index contributed by atoms with van der Waals surface area (Å²) in [6.07, 6.45) is 0. The summed E-state index contributed by atoms with van der Waals surface area (Å²) >= 11 is 1.46. The first-order valence-corrected chi connectivity index (χ1v) is 5.65. The second-order valence-electron chi connectivity index (χ2n) is 3.47. The maximum Gasteiger partial charge on any atom is 0.261 e. The maximum atomic E-state index is 11.6. The standard InChI is InChI=1S/C10H17N3OS.ClH/c1-11-9-5-4-8(15-9)10(14)12-6-7-13(2)3;/h4-5,11H,6-7H2,1-3H3,(H,12,14);1H. The molecule has 0 saturated heterocycles. The van der Waals surface area contributed by atoms with Crippen LogP contribution in [-0.4, -0.2) is 45.0 Å². The predicted molar refractivity (Wildman–Crippen MR) is 72.0 cm³/mol. The normalized spacial score (nSPS) is 9.75. The third kappa shape index (κ3) is 4.83. The fourth-order valence-electron chi connectivity index (χ4n) is 1.07. The molecule has 16 heavy (non-hydrogen) atoms. The third-order valence-corrected chi connectivity index (χ3v) is 3.02. The van der Waals surface area contributed by atoms with Crippen LogP contribution in [0.1, 0.15) is 9.67 Å². The molecule has 6 heteroatoms. The first-order chi connectivity index (χ1) is 7.13. The van der Waals surface area contributed by atoms with Gasteiger partial charge in [0, 0.05) is 20.1 Å². The molecule has 0 atom stereocenters. The second kappa shape index (κ2) is 7.49. The van der Waals surface area contributed by atoms with Crippen molar-refractivity contribution < 1.29 is 4.79 Å². The Labute approximate surface area is 106 Å². The van der Waals surface area contributed by atoms with E-state index in [0.29, 0.717) is 6.54 Å². The molecular formula is C10H18ClN3OS. The van der Waals surface area contributed by atoms with Gasteiger partial charge >= 0.3 is 0 Å². The lowest BCUT2D eigenvalue weighted by molar-refractivity contribution is 0.0955. The van der Waals surface area contributed by atoms with Gasteiger partial charge < -0.3 is 15.5 Å². The summed E-state index contributed by atoms with van der Waals surface area (Å²) in [6, 6.07) is 3.74. The molecule has 92 valence electrons. The fraction of sp³-hybridized carbons (Fsp3) is 0.500. The van der Waals surface area contributed by atoms with Crippen molar-refractivity contribution in [3.63, 3.8) is 0 Å². The van der Waals surface area contributed by atoms with Crippen molar-refractivity contribution in [1.82, 2.24) is 10.2 Å². The maximum absolute atomic E-state index is 11.6. The van der Waals surface area contributed by atoms with Crippen LogP contribution in [-0.2, 0) is 0 Å². The Kier molecular flexibility index (Phi) is 7.12. The number of amides is 1. The first kappa shape index (κ1) is 15.2. The lowest BCUT2D eigenvalue weighted by Gasteiger charge is -2.09. The largest absolute Gasteiger partial charge is 0.380 e. The lowest BCUT2D eigenvalue weighted by atomic mass is 10.4. The smallest absolute Gasteiger partial charge is 0.261 e. The van der Waals surface area contributed by atoms with Gasteiger partial charge in [0.2, 0.25) is 0 Å². The first-order valence-electron chi connectivity index (χ1n) is 4.84. The van der Waals surface area contributed by atoms with Gasteiger partial charge in [0.25, 0.3) is 5.91 Å². The summed E-state index contributed by atoms with van der Waals surface area (Å²) in [5, 5.41) is 6.88. The Morgan fingerprint density at radius 2 is 2.12 bits per heavy atom. The molecule has 0 fully saturated rings. The zero-order chi connectivity index (χ0) is 11.3. The molecule has 0 saturated carbocycles. The Hall–Kier alpha value is -0.780. The number of likely N-dealkylation sites (N-methyl/N-ethyl adjacent to an activating group) is 1. The summed E-state index contributed by atoms with van der Waals surface area (Å²) in [5.74, 6) is 0.00310. The van der Waals surface area contributed by atoms with Crippen LogP contribution in [0.3, 0.4) is 0 Å². The number of nitrogens with one attached hydrogen (secondary N) is 2. The average molecular weight is 264 g/mol. The van der Waals surface area contributed by atoms with Crippen LogP contribution < -0.4 is 10.6 Å². The Balaban J connectivity index is 0.00000225. The van der Waals surface area contributed by atoms with Crippen LogP contribution in [0, 0.1) is 0 Å². The van der Waals surface area contributed by atoms with E-state index in [-0.39, 0.29) is 18.3 Å². The second-order valence-corrected chi connectivity index (χ2v) is 4.56. The highest BCUT2D eigenvalue weighted by molar-refractivity contribution is 7.17. The Morgan fingerprint density at radius 3 is 2.62 bits per heavy atom. The Bertz CT molecular complexity index is 328. The number of carbonyl (C=O) groups is 1. The molecule has 0 bridgehead atoms. The molecule has 0 aliphatic heterocycles. The van der Waals surface area contributed by atoms with Crippen LogP contribution in [0.5, 0.6) is 0 Å². The molecule has 1 aromatic heterocycles. The van der Waals surface area contributed by atoms with Crippen molar-refractivity contribution >= 4 is 34.7 Å². The molecule has 0 aliphatic carbocycles. The van der Waals surface area contributed by atoms with Gasteiger partial charge in [-0.3, -0.25) is 4.79 Å². The quantitative estimate of drug-likeness (QED) is 0.846. The minimum Gasteiger partial charge on any atom is -0.380 e. The zero-order valence-corrected chi connectivity index (χ0v) is 11.4. The summed E-state index contributed by atoms with van der Waals surface area (Å²) in [5.41, 5.74) is 0. The van der Waals surface area contributed by atoms with Gasteiger partial charge in [0.1, 0.15) is 0 Å². The number of halogens is 1. The SMILES string of the molecule is CNc1ccc(C(=O)NCCN(C)C)s1.Cl. The molecule has 1 aromatic rings. The van der Waals surface area contributed by atoms with Crippen molar-refractivity contribution in [2.24, 2.45) is 0 Å². The van der Waals surface area contributed by atoms with Crippen molar-refractivity contribution in [1.29, 1.82) is 0 Å². The number of rotatable bonds is 5. The van der Waals surface area contributed by atoms with E-state index in [2.05, 4.69) is 10.6 Å². The van der Waals surface area contributed by atoms with Crippen molar-refractivity contribution in [2.75, 3.05) is 39.5 Å². The minimum absolute atomic E-state index is 0. The number of hydrogen-bond acceptors (Lipinski definition) is 4. The Morgan fingerprint density at radius 1 is 1.44 bits per heavy atom. The van der Waals surface area contributed by atoms with E-state index < -0.39 is 0 Å². The van der Waals surface area contributed by atoms with Crippen molar-refractivity contribution in [2.45, 2.75) is 0 Å². The zero-order valence-electron chi connectivity index (χ0n) is 9.74. The van der Waals surface area contributed by atoms with Crippen molar-refractivity contribution in [3.8, 4) is 0 Å². The predicted octanol–water partition coefficient (Wildman–Crippen LogP) is 1.50. The molecule has 0 spiro atoms. The van der Waals surface area contributed by atoms with E-state index >= 15 is 0 Å². The molecule has 0 radical (unpaired) electrons. The average Bonchev–Trinajstić information content (AvgIpc) is 2.65. The molecule has 0 unspecified atom stereocenters. The highest BCUT2D eigenvalue weighted by atomic mass is 35.5. The monoisotopic (exact) mass is 263 g/mol. The van der Waals surface area contributed by atoms with Crippen molar-refractivity contribution in [3.05, 3.63) is 17.0 Å². The molecule has 1 heterocycles. The van der Waals surface area contributed by atoms with E-state index in [0.717, 1.165) is 16.4 Å². The number of nitrogens with zero attached hydrogens (tertiary/aromatic N) is 1. The van der Waals surface area contributed by atoms with Gasteiger partial charge in [-0.05, 0) is 26.2 Å². The molecule has 1 amide bonds. The van der Waals surface area contributed by atoms with E-state index in [1.807, 2.05) is 38.2 Å². The number of thiophene rings is 1. The van der Waals surface area contributed by atoms with Gasteiger partial charge in [0.15, 0.2) is 0 Å². The van der Waals surface area contributed by atoms with Gasteiger partial charge in [-0.25, -0.2) is 0 Å². The molecule has 2 N–H and O–H groups in total. The fourth-order valence-corrected chi connectivity index (χ4v) is 1.85. The lowest BCUT2D eigenvalue weighted by Crippen LogP contribution is -2.30. The number of hydrogen-bond donors (Lipinski definition) is 2. The summed E-state index contributed by atoms with van der Waals surface area (Å²) in [4.78, 5) is 14.4. The molecular weight excluding hydrogens is 246 g/mol. The van der Waals surface area contributed by atoms with Gasteiger partial charge in [0.05, 0.1) is 9.88 Å². The number of anilines is 1. The van der Waals surface area contributed by atoms with E-state index in [1.54, 1.807) is 0 Å². The highest BCUT2D eigenvalue weighted by Crippen LogP contribution is 2.20. The van der Waals surface area contributed by atoms with E-state index in [1.165, 1.54) is 11.3 Å². The van der Waals surface area contributed by atoms with Gasteiger partial charge in [-0.15, -0.1) is 23.7 Å². The van der Waals surface area contributed by atoms with Crippen LogP contribution in [0.25, 0.3) is 0 Å². The van der Waals surface area contributed by atoms with E-state index in [9.17, 15) is 4.79 Å². The highest BCUT2D eigenvalue weighted by Gasteiger charge is 2.07. The van der Waals surface area contributed by atoms with Crippen LogP contribution in [0.15, 0.2) is 12.1 Å². The molecule has 0 aromatic carbocycles. The molecule has 0 aliphatic rings. The summed E-state index contributed by atoms with van der Waals surface area (Å²) in [7, 11) is 5.81. The minimum atomic E-state index is 0. The number of carbonyl (C=O) groups excluding carboxylic acids is 1. The molecule has 4 nitrogen and oxygen atoms in total. The van der Waals surface area contributed by atoms with Gasteiger partial charge in [-0.2, -0.15) is 0 Å². The van der Waals surface area contributed by atoms with Gasteiger partial charge in [-0.1, -0.05) is 0 Å². The van der Waals surface area contributed by atoms with Crippen LogP contribution in [0.2, 0.25) is 0 Å². The third-order valence-electron chi connectivity index (χ3n) is 1.92. The van der Waals surface area contributed by atoms with E-state index in [4.69, 9.17) is 0 Å². The summed E-state index contributed by atoms with van der Waals surface area (Å²) < 4.78 is 0.